The van der Waals surface area contributed by atoms with Gasteiger partial charge in [-0.1, -0.05) is 0 Å². The molecule has 2 aromatic rings. The Morgan fingerprint density at radius 1 is 1.37 bits per heavy atom. The number of hydrogen-bond donors (Lipinski definition) is 1. The van der Waals surface area contributed by atoms with Crippen LogP contribution in [-0.2, 0) is 0 Å². The van der Waals surface area contributed by atoms with E-state index in [-0.39, 0.29) is 17.2 Å². The summed E-state index contributed by atoms with van der Waals surface area (Å²) in [5, 5.41) is 17.2. The largest absolute Gasteiger partial charge is 0.379 e. The number of nitrogens with zero attached hydrogens (tertiary/aromatic N) is 4. The lowest BCUT2D eigenvalue weighted by Gasteiger charge is -2.15. The van der Waals surface area contributed by atoms with Crippen LogP contribution in [0, 0.1) is 10.1 Å². The van der Waals surface area contributed by atoms with Crippen molar-refractivity contribution in [3.8, 4) is 0 Å². The summed E-state index contributed by atoms with van der Waals surface area (Å²) in [6, 6.07) is 5.48. The van der Waals surface area contributed by atoms with Crippen LogP contribution in [0.1, 0.15) is 10.5 Å². The van der Waals surface area contributed by atoms with E-state index < -0.39 is 10.8 Å². The van der Waals surface area contributed by atoms with Crippen molar-refractivity contribution in [1.29, 1.82) is 0 Å². The van der Waals surface area contributed by atoms with Gasteiger partial charge in [0.1, 0.15) is 0 Å². The number of nitrogen functional groups attached to an aromatic ring is 1. The summed E-state index contributed by atoms with van der Waals surface area (Å²) in [5.74, 6) is -0.633. The van der Waals surface area contributed by atoms with E-state index in [0.717, 1.165) is 0 Å². The number of non-ortho nitro benzene ring substituents is 1. The number of anilines is 2. The number of nitrogens with two attached hydrogens (primary N) is 1. The van der Waals surface area contributed by atoms with E-state index in [9.17, 15) is 14.9 Å². The third-order valence-corrected chi connectivity index (χ3v) is 2.47. The topological polar surface area (TPSA) is 128 Å². The predicted molar refractivity (Wildman–Crippen MR) is 64.5 cm³/mol. The van der Waals surface area contributed by atoms with Crippen LogP contribution in [0.25, 0.3) is 0 Å². The number of rotatable bonds is 3. The molecule has 0 saturated carbocycles. The van der Waals surface area contributed by atoms with Gasteiger partial charge in [-0.05, 0) is 22.4 Å². The maximum Gasteiger partial charge on any atom is 0.284 e. The highest BCUT2D eigenvalue weighted by atomic mass is 16.6. The normalized spacial score (nSPS) is 10.2. The minimum atomic E-state index is -0.523. The van der Waals surface area contributed by atoms with Crippen LogP contribution in [-0.4, -0.2) is 28.2 Å². The van der Waals surface area contributed by atoms with Crippen molar-refractivity contribution >= 4 is 23.1 Å². The molecule has 2 N–H and O–H groups in total. The molecule has 9 nitrogen and oxygen atoms in total. The molecule has 0 atom stereocenters. The number of hydrogen-bond acceptors (Lipinski definition) is 7. The summed E-state index contributed by atoms with van der Waals surface area (Å²) in [6.07, 6.45) is 0. The lowest BCUT2D eigenvalue weighted by atomic mass is 10.2. The first-order valence-corrected chi connectivity index (χ1v) is 5.11. The van der Waals surface area contributed by atoms with Crippen molar-refractivity contribution in [2.75, 3.05) is 17.7 Å². The number of carbonyl (C=O) groups excluding carboxylic acids is 1. The van der Waals surface area contributed by atoms with Gasteiger partial charge in [-0.15, -0.1) is 0 Å². The van der Waals surface area contributed by atoms with Crippen molar-refractivity contribution in [3.05, 3.63) is 40.1 Å². The fourth-order valence-corrected chi connectivity index (χ4v) is 1.42. The number of benzene rings is 1. The summed E-state index contributed by atoms with van der Waals surface area (Å²) >= 11 is 0. The quantitative estimate of drug-likeness (QED) is 0.641. The fraction of sp³-hybridized carbons (Fsp3) is 0.100. The molecule has 0 fully saturated rings. The van der Waals surface area contributed by atoms with Crippen LogP contribution >= 0.6 is 0 Å². The molecule has 0 unspecified atom stereocenters. The minimum absolute atomic E-state index is 0.0628. The highest BCUT2D eigenvalue weighted by molar-refractivity contribution is 6.06. The Labute approximate surface area is 106 Å². The maximum absolute atomic E-state index is 12.0. The lowest BCUT2D eigenvalue weighted by Crippen LogP contribution is -2.27. The van der Waals surface area contributed by atoms with Crippen molar-refractivity contribution < 1.29 is 14.3 Å². The molecule has 1 aromatic heterocycles. The van der Waals surface area contributed by atoms with Crippen LogP contribution in [0.3, 0.4) is 0 Å². The standard InChI is InChI=1S/C10H9N5O4/c1-14(10(16)8-9(11)13-19-12-8)6-2-4-7(5-3-6)15(17)18/h2-5H,1H3,(H2,11,13). The van der Waals surface area contributed by atoms with Gasteiger partial charge in [0, 0.05) is 24.9 Å². The van der Waals surface area contributed by atoms with Crippen LogP contribution < -0.4 is 10.6 Å². The SMILES string of the molecule is CN(C(=O)c1nonc1N)c1ccc([N+](=O)[O-])cc1. The van der Waals surface area contributed by atoms with Gasteiger partial charge in [0.25, 0.3) is 11.6 Å². The summed E-state index contributed by atoms with van der Waals surface area (Å²) in [4.78, 5) is 23.2. The van der Waals surface area contributed by atoms with Crippen LogP contribution in [0.15, 0.2) is 28.9 Å². The fourth-order valence-electron chi connectivity index (χ4n) is 1.42. The van der Waals surface area contributed by atoms with E-state index >= 15 is 0 Å². The number of nitro benzene ring substituents is 1. The molecule has 0 saturated heterocycles. The zero-order valence-electron chi connectivity index (χ0n) is 9.81. The molecule has 2 rings (SSSR count). The summed E-state index contributed by atoms with van der Waals surface area (Å²) < 4.78 is 4.34. The van der Waals surface area contributed by atoms with Crippen LogP contribution in [0.5, 0.6) is 0 Å². The zero-order chi connectivity index (χ0) is 14.0. The Hall–Kier alpha value is -2.97. The molecule has 0 bridgehead atoms. The Balaban J connectivity index is 2.24. The maximum atomic E-state index is 12.0. The lowest BCUT2D eigenvalue weighted by molar-refractivity contribution is -0.384. The average Bonchev–Trinajstić information content (AvgIpc) is 2.83. The van der Waals surface area contributed by atoms with Crippen molar-refractivity contribution in [2.24, 2.45) is 0 Å². The second kappa shape index (κ2) is 4.72. The highest BCUT2D eigenvalue weighted by Crippen LogP contribution is 2.20. The van der Waals surface area contributed by atoms with Gasteiger partial charge >= 0.3 is 0 Å². The molecule has 9 heteroatoms. The number of amides is 1. The summed E-state index contributed by atoms with van der Waals surface area (Å²) in [6.45, 7) is 0. The molecule has 1 aromatic carbocycles. The second-order valence-corrected chi connectivity index (χ2v) is 3.64. The van der Waals surface area contributed by atoms with E-state index in [2.05, 4.69) is 14.9 Å². The van der Waals surface area contributed by atoms with Crippen LogP contribution in [0.2, 0.25) is 0 Å². The van der Waals surface area contributed by atoms with E-state index in [0.29, 0.717) is 5.69 Å². The van der Waals surface area contributed by atoms with Crippen molar-refractivity contribution in [3.63, 3.8) is 0 Å². The smallest absolute Gasteiger partial charge is 0.284 e. The average molecular weight is 263 g/mol. The van der Waals surface area contributed by atoms with Gasteiger partial charge in [0.05, 0.1) is 4.92 Å². The van der Waals surface area contributed by atoms with Gasteiger partial charge in [0.15, 0.2) is 0 Å². The molecule has 0 aliphatic rings. The van der Waals surface area contributed by atoms with Gasteiger partial charge in [-0.3, -0.25) is 14.9 Å². The molecule has 0 aliphatic carbocycles. The summed E-state index contributed by atoms with van der Waals surface area (Å²) in [7, 11) is 1.48. The minimum Gasteiger partial charge on any atom is -0.379 e. The number of carbonyl (C=O) groups is 1. The van der Waals surface area contributed by atoms with E-state index in [1.165, 1.54) is 36.2 Å². The first-order chi connectivity index (χ1) is 9.00. The monoisotopic (exact) mass is 263 g/mol. The third-order valence-electron chi connectivity index (χ3n) is 2.47. The van der Waals surface area contributed by atoms with Crippen molar-refractivity contribution in [1.82, 2.24) is 10.3 Å². The van der Waals surface area contributed by atoms with E-state index in [4.69, 9.17) is 5.73 Å². The predicted octanol–water partition coefficient (Wildman–Crippen LogP) is 0.837. The molecule has 98 valence electrons. The van der Waals surface area contributed by atoms with Crippen LogP contribution in [0.4, 0.5) is 17.2 Å². The van der Waals surface area contributed by atoms with Gasteiger partial charge < -0.3 is 10.6 Å². The molecule has 0 radical (unpaired) electrons. The molecule has 0 spiro atoms. The van der Waals surface area contributed by atoms with E-state index in [1.54, 1.807) is 0 Å². The third kappa shape index (κ3) is 2.34. The molecule has 1 heterocycles. The Bertz CT molecular complexity index is 621. The number of aromatic nitrogens is 2. The molecule has 1 amide bonds. The first kappa shape index (κ1) is 12.5. The Morgan fingerprint density at radius 2 is 2.00 bits per heavy atom. The molecular weight excluding hydrogens is 254 g/mol. The van der Waals surface area contributed by atoms with Gasteiger partial charge in [-0.2, -0.15) is 0 Å². The van der Waals surface area contributed by atoms with Gasteiger partial charge in [-0.25, -0.2) is 4.63 Å². The van der Waals surface area contributed by atoms with Crippen molar-refractivity contribution in [2.45, 2.75) is 0 Å². The first-order valence-electron chi connectivity index (χ1n) is 5.11. The zero-order valence-corrected chi connectivity index (χ0v) is 9.81. The number of nitro groups is 1. The Morgan fingerprint density at radius 3 is 2.47 bits per heavy atom. The Kier molecular flexibility index (Phi) is 3.10. The second-order valence-electron chi connectivity index (χ2n) is 3.64. The highest BCUT2D eigenvalue weighted by Gasteiger charge is 2.21. The molecule has 19 heavy (non-hydrogen) atoms. The van der Waals surface area contributed by atoms with E-state index in [1.807, 2.05) is 0 Å². The molecular formula is C10H9N5O4. The molecule has 0 aliphatic heterocycles. The van der Waals surface area contributed by atoms with Gasteiger partial charge in [0.2, 0.25) is 11.5 Å². The summed E-state index contributed by atoms with van der Waals surface area (Å²) in [5.41, 5.74) is 5.70.